The molecule has 6 aromatic rings. The Morgan fingerprint density at radius 1 is 0.383 bits per heavy atom. The monoisotopic (exact) mass is 680 g/mol. The van der Waals surface area contributed by atoms with E-state index in [4.69, 9.17) is 27.1 Å². The number of nitrogens with zero attached hydrogens (tertiary/aromatic N) is 4. The summed E-state index contributed by atoms with van der Waals surface area (Å²) in [6.45, 7) is 4.45. The summed E-state index contributed by atoms with van der Waals surface area (Å²) in [6, 6.07) is 37.3. The average molecular weight is 681 g/mol. The van der Waals surface area contributed by atoms with Crippen LogP contribution >= 0.6 is 17.2 Å². The van der Waals surface area contributed by atoms with Crippen LogP contribution in [0.2, 0.25) is 13.1 Å². The first-order valence-corrected chi connectivity index (χ1v) is 19.7. The Kier molecular flexibility index (Phi) is 10.5. The Labute approximate surface area is 276 Å². The van der Waals surface area contributed by atoms with Crippen LogP contribution in [0.3, 0.4) is 0 Å². The molecule has 0 radical (unpaired) electrons. The molecule has 0 saturated heterocycles. The summed E-state index contributed by atoms with van der Waals surface area (Å²) in [7, 11) is -6.53. The number of rotatable bonds is 14. The fourth-order valence-electron chi connectivity index (χ4n) is 4.45. The second-order valence-electron chi connectivity index (χ2n) is 10.3. The van der Waals surface area contributed by atoms with Crippen molar-refractivity contribution in [3.8, 4) is 35.0 Å². The zero-order valence-electron chi connectivity index (χ0n) is 25.5. The van der Waals surface area contributed by atoms with Gasteiger partial charge in [0, 0.05) is 49.1 Å². The van der Waals surface area contributed by atoms with E-state index in [1.807, 2.05) is 84.9 Å². The molecule has 2 aromatic carbocycles. The molecule has 47 heavy (non-hydrogen) atoms. The van der Waals surface area contributed by atoms with E-state index < -0.39 is 25.3 Å². The molecule has 0 aliphatic rings. The van der Waals surface area contributed by atoms with Gasteiger partial charge in [0.15, 0.2) is 0 Å². The highest BCUT2D eigenvalue weighted by atomic mass is 31.2. The van der Waals surface area contributed by atoms with Gasteiger partial charge in [-0.25, -0.2) is 19.9 Å². The van der Waals surface area contributed by atoms with Gasteiger partial charge in [0.25, 0.3) is 0 Å². The van der Waals surface area contributed by atoms with E-state index >= 15 is 0 Å². The lowest BCUT2D eigenvalue weighted by molar-refractivity contribution is 0.376. The highest BCUT2D eigenvalue weighted by molar-refractivity contribution is 7.43. The molecule has 0 amide bonds. The van der Waals surface area contributed by atoms with Crippen LogP contribution in [0.15, 0.2) is 146 Å². The third kappa shape index (κ3) is 8.59. The van der Waals surface area contributed by atoms with Crippen molar-refractivity contribution in [2.24, 2.45) is 0 Å². The van der Waals surface area contributed by atoms with Crippen LogP contribution in [0.4, 0.5) is 0 Å². The fourth-order valence-corrected chi connectivity index (χ4v) is 9.35. The second kappa shape index (κ2) is 15.5. The molecule has 0 spiro atoms. The van der Waals surface area contributed by atoms with Crippen LogP contribution in [0, 0.1) is 0 Å². The molecule has 10 nitrogen and oxygen atoms in total. The van der Waals surface area contributed by atoms with Gasteiger partial charge in [-0.05, 0) is 46.8 Å². The van der Waals surface area contributed by atoms with Gasteiger partial charge < -0.3 is 27.1 Å². The summed E-state index contributed by atoms with van der Waals surface area (Å²) >= 11 is 0. The minimum absolute atomic E-state index is 0.372. The van der Waals surface area contributed by atoms with E-state index in [0.29, 0.717) is 35.0 Å². The molecule has 0 unspecified atom stereocenters. The van der Waals surface area contributed by atoms with E-state index in [1.165, 1.54) is 0 Å². The van der Waals surface area contributed by atoms with Crippen molar-refractivity contribution in [2.45, 2.75) is 13.1 Å². The van der Waals surface area contributed by atoms with Gasteiger partial charge in [0.05, 0.1) is 0 Å². The Morgan fingerprint density at radius 3 is 0.979 bits per heavy atom. The predicted molar refractivity (Wildman–Crippen MR) is 184 cm³/mol. The Morgan fingerprint density at radius 2 is 0.681 bits per heavy atom. The summed E-state index contributed by atoms with van der Waals surface area (Å²) in [5, 5.41) is 2.00. The van der Waals surface area contributed by atoms with Gasteiger partial charge in [-0.1, -0.05) is 73.8 Å². The Bertz CT molecular complexity index is 1630. The van der Waals surface area contributed by atoms with E-state index in [2.05, 4.69) is 45.2 Å². The van der Waals surface area contributed by atoms with Gasteiger partial charge in [-0.3, -0.25) is 0 Å². The lowest BCUT2D eigenvalue weighted by atomic mass is 10.3. The zero-order chi connectivity index (χ0) is 32.3. The Balaban J connectivity index is 1.30. The van der Waals surface area contributed by atoms with Crippen molar-refractivity contribution in [3.05, 3.63) is 146 Å². The van der Waals surface area contributed by atoms with Crippen molar-refractivity contribution in [1.29, 1.82) is 0 Å². The lowest BCUT2D eigenvalue weighted by Gasteiger charge is -2.29. The van der Waals surface area contributed by atoms with E-state index in [-0.39, 0.29) is 0 Å². The predicted octanol–water partition coefficient (Wildman–Crippen LogP) is 7.62. The van der Waals surface area contributed by atoms with Crippen LogP contribution in [-0.4, -0.2) is 28.0 Å². The third-order valence-electron chi connectivity index (χ3n) is 6.69. The SMILES string of the molecule is C[Si](C)(c1ccccc1OP(Oc1ccccn1)Oc1ccccn1)c1ccccc1OP(Oc1ccccn1)Oc1ccccn1. The number of hydrogen-bond acceptors (Lipinski definition) is 10. The van der Waals surface area contributed by atoms with Gasteiger partial charge in [0.1, 0.15) is 19.6 Å². The molecule has 6 rings (SSSR count). The van der Waals surface area contributed by atoms with Gasteiger partial charge in [0.2, 0.25) is 23.5 Å². The van der Waals surface area contributed by atoms with E-state index in [1.54, 1.807) is 49.1 Å². The maximum Gasteiger partial charge on any atom is 0.532 e. The normalized spacial score (nSPS) is 11.1. The highest BCUT2D eigenvalue weighted by Gasteiger charge is 2.35. The molecule has 13 heteroatoms. The third-order valence-corrected chi connectivity index (χ3v) is 12.2. The smallest absolute Gasteiger partial charge is 0.409 e. The molecule has 0 fully saturated rings. The van der Waals surface area contributed by atoms with Gasteiger partial charge in [-0.15, -0.1) is 0 Å². The molecule has 0 N–H and O–H groups in total. The minimum atomic E-state index is -2.56. The van der Waals surface area contributed by atoms with Crippen LogP contribution in [0.5, 0.6) is 35.0 Å². The van der Waals surface area contributed by atoms with Gasteiger partial charge >= 0.3 is 17.2 Å². The summed E-state index contributed by atoms with van der Waals surface area (Å²) in [6.07, 6.45) is 6.59. The van der Waals surface area contributed by atoms with Crippen LogP contribution in [-0.2, 0) is 0 Å². The first-order valence-electron chi connectivity index (χ1n) is 14.6. The van der Waals surface area contributed by atoms with Crippen LogP contribution in [0.25, 0.3) is 0 Å². The number of hydrogen-bond donors (Lipinski definition) is 0. The maximum atomic E-state index is 6.51. The standard InChI is InChI=1S/C34H30N4O6P2Si/c1-47(2,29-17-5-3-15-27(29)39-45(41-31-19-7-11-23-35-31)42-32-20-8-12-24-36-32)30-18-6-4-16-28(30)40-46(43-33-21-9-13-25-37-33)44-34-22-10-14-26-38-34/h3-26H,1-2H3. The average Bonchev–Trinajstić information content (AvgIpc) is 3.10. The van der Waals surface area contributed by atoms with Crippen molar-refractivity contribution in [2.75, 3.05) is 0 Å². The van der Waals surface area contributed by atoms with Crippen molar-refractivity contribution in [3.63, 3.8) is 0 Å². The molecule has 0 saturated carbocycles. The molecular weight excluding hydrogens is 650 g/mol. The first-order chi connectivity index (χ1) is 23.0. The molecule has 4 heterocycles. The summed E-state index contributed by atoms with van der Waals surface area (Å²) in [5.74, 6) is 2.73. The van der Waals surface area contributed by atoms with Crippen LogP contribution < -0.4 is 37.5 Å². The quantitative estimate of drug-likeness (QED) is 0.0843. The summed E-state index contributed by atoms with van der Waals surface area (Å²) in [5.41, 5.74) is 0. The summed E-state index contributed by atoms with van der Waals surface area (Å²) < 4.78 is 37.4. The number of benzene rings is 2. The molecule has 0 atom stereocenters. The zero-order valence-corrected chi connectivity index (χ0v) is 28.3. The number of pyridine rings is 4. The lowest BCUT2D eigenvalue weighted by Crippen LogP contribution is -2.53. The topological polar surface area (TPSA) is 107 Å². The van der Waals surface area contributed by atoms with E-state index in [0.717, 1.165) is 10.4 Å². The fraction of sp³-hybridized carbons (Fsp3) is 0.0588. The molecule has 236 valence electrons. The number of aromatic nitrogens is 4. The first kappa shape index (κ1) is 31.9. The van der Waals surface area contributed by atoms with Gasteiger partial charge in [-0.2, -0.15) is 0 Å². The number of para-hydroxylation sites is 2. The largest absolute Gasteiger partial charge is 0.532 e. The molecule has 0 aliphatic carbocycles. The Hall–Kier alpha value is -5.08. The van der Waals surface area contributed by atoms with Crippen molar-refractivity contribution >= 4 is 35.7 Å². The molecular formula is C34H30N4O6P2Si. The summed E-state index contributed by atoms with van der Waals surface area (Å²) in [4.78, 5) is 17.2. The minimum Gasteiger partial charge on any atom is -0.409 e. The molecule has 0 aliphatic heterocycles. The van der Waals surface area contributed by atoms with E-state index in [9.17, 15) is 0 Å². The van der Waals surface area contributed by atoms with Crippen LogP contribution in [0.1, 0.15) is 0 Å². The van der Waals surface area contributed by atoms with Crippen molar-refractivity contribution in [1.82, 2.24) is 19.9 Å². The highest BCUT2D eigenvalue weighted by Crippen LogP contribution is 2.43. The second-order valence-corrected chi connectivity index (χ2v) is 16.6. The molecule has 0 bridgehead atoms. The van der Waals surface area contributed by atoms with Crippen molar-refractivity contribution < 1.29 is 27.1 Å². The molecule has 4 aromatic heterocycles. The maximum absolute atomic E-state index is 6.51.